The number of carbonyl (C=O) groups excluding carboxylic acids is 2. The van der Waals surface area contributed by atoms with Crippen LogP contribution in [0.4, 0.5) is 4.39 Å². The van der Waals surface area contributed by atoms with Crippen LogP contribution in [0.5, 0.6) is 11.5 Å². The van der Waals surface area contributed by atoms with Crippen molar-refractivity contribution in [1.82, 2.24) is 0 Å². The first kappa shape index (κ1) is 17.5. The molecular weight excluding hydrogens is 315 g/mol. The predicted octanol–water partition coefficient (Wildman–Crippen LogP) is 3.19. The van der Waals surface area contributed by atoms with E-state index in [0.717, 1.165) is 6.07 Å². The first-order chi connectivity index (χ1) is 11.5. The molecule has 0 spiro atoms. The number of ether oxygens (including phenoxy) is 3. The van der Waals surface area contributed by atoms with Gasteiger partial charge in [-0.2, -0.15) is 0 Å². The standard InChI is InChI=1S/C18H17FO5/c1-11-4-5-12(8-15(11)19)18(21)24-10-16(20)14-9-13(22-2)6-7-17(14)23-3/h4-9H,10H2,1-3H3. The lowest BCUT2D eigenvalue weighted by atomic mass is 10.1. The molecule has 0 bridgehead atoms. The van der Waals surface area contributed by atoms with E-state index in [1.807, 2.05) is 0 Å². The molecule has 0 saturated heterocycles. The van der Waals surface area contributed by atoms with Crippen LogP contribution in [0.1, 0.15) is 26.3 Å². The zero-order valence-electron chi connectivity index (χ0n) is 13.6. The van der Waals surface area contributed by atoms with Gasteiger partial charge < -0.3 is 14.2 Å². The molecular formula is C18H17FO5. The lowest BCUT2D eigenvalue weighted by molar-refractivity contribution is 0.0473. The van der Waals surface area contributed by atoms with E-state index in [9.17, 15) is 14.0 Å². The summed E-state index contributed by atoms with van der Waals surface area (Å²) in [6.45, 7) is 1.10. The fraction of sp³-hybridized carbons (Fsp3) is 0.222. The first-order valence-corrected chi connectivity index (χ1v) is 7.14. The number of rotatable bonds is 6. The predicted molar refractivity (Wildman–Crippen MR) is 85.3 cm³/mol. The van der Waals surface area contributed by atoms with Gasteiger partial charge in [0.15, 0.2) is 6.61 Å². The third kappa shape index (κ3) is 3.90. The Kier molecular flexibility index (Phi) is 5.52. The maximum Gasteiger partial charge on any atom is 0.338 e. The molecule has 0 aromatic heterocycles. The summed E-state index contributed by atoms with van der Waals surface area (Å²) in [5, 5.41) is 0. The molecule has 126 valence electrons. The molecule has 0 aliphatic carbocycles. The number of methoxy groups -OCH3 is 2. The van der Waals surface area contributed by atoms with Gasteiger partial charge in [-0.1, -0.05) is 6.07 Å². The summed E-state index contributed by atoms with van der Waals surface area (Å²) >= 11 is 0. The summed E-state index contributed by atoms with van der Waals surface area (Å²) < 4.78 is 28.6. The number of benzene rings is 2. The Labute approximate surface area is 139 Å². The number of carbonyl (C=O) groups is 2. The van der Waals surface area contributed by atoms with Gasteiger partial charge in [0.25, 0.3) is 0 Å². The fourth-order valence-corrected chi connectivity index (χ4v) is 2.04. The van der Waals surface area contributed by atoms with Gasteiger partial charge in [-0.05, 0) is 42.8 Å². The number of ketones is 1. The van der Waals surface area contributed by atoms with Crippen LogP contribution >= 0.6 is 0 Å². The molecule has 2 rings (SSSR count). The van der Waals surface area contributed by atoms with Crippen LogP contribution < -0.4 is 9.47 Å². The van der Waals surface area contributed by atoms with Gasteiger partial charge in [-0.3, -0.25) is 4.79 Å². The Morgan fingerprint density at radius 1 is 1.04 bits per heavy atom. The van der Waals surface area contributed by atoms with Gasteiger partial charge in [0.05, 0.1) is 25.3 Å². The Morgan fingerprint density at radius 3 is 2.42 bits per heavy atom. The summed E-state index contributed by atoms with van der Waals surface area (Å²) in [5.41, 5.74) is 0.701. The lowest BCUT2D eigenvalue weighted by Crippen LogP contribution is -2.15. The lowest BCUT2D eigenvalue weighted by Gasteiger charge is -2.10. The van der Waals surface area contributed by atoms with Crippen molar-refractivity contribution in [3.63, 3.8) is 0 Å². The molecule has 2 aromatic rings. The molecule has 0 heterocycles. The second kappa shape index (κ2) is 7.59. The molecule has 0 atom stereocenters. The minimum Gasteiger partial charge on any atom is -0.497 e. The molecule has 0 aliphatic heterocycles. The highest BCUT2D eigenvalue weighted by Gasteiger charge is 2.17. The quantitative estimate of drug-likeness (QED) is 0.600. The number of aryl methyl sites for hydroxylation is 1. The minimum absolute atomic E-state index is 0.0449. The van der Waals surface area contributed by atoms with Gasteiger partial charge in [0.2, 0.25) is 5.78 Å². The van der Waals surface area contributed by atoms with Gasteiger partial charge in [-0.25, -0.2) is 9.18 Å². The molecule has 0 aliphatic rings. The fourth-order valence-electron chi connectivity index (χ4n) is 2.04. The highest BCUT2D eigenvalue weighted by molar-refractivity contribution is 6.01. The van der Waals surface area contributed by atoms with Crippen LogP contribution in [0.2, 0.25) is 0 Å². The average molecular weight is 332 g/mol. The van der Waals surface area contributed by atoms with E-state index in [1.54, 1.807) is 19.1 Å². The SMILES string of the molecule is COc1ccc(OC)c(C(=O)COC(=O)c2ccc(C)c(F)c2)c1. The largest absolute Gasteiger partial charge is 0.497 e. The zero-order valence-corrected chi connectivity index (χ0v) is 13.6. The van der Waals surface area contributed by atoms with Crippen LogP contribution in [0.15, 0.2) is 36.4 Å². The molecule has 0 saturated carbocycles. The highest BCUT2D eigenvalue weighted by atomic mass is 19.1. The van der Waals surface area contributed by atoms with Gasteiger partial charge in [0.1, 0.15) is 17.3 Å². The molecule has 0 fully saturated rings. The Bertz CT molecular complexity index is 770. The molecule has 5 nitrogen and oxygen atoms in total. The van der Waals surface area contributed by atoms with E-state index in [0.29, 0.717) is 17.1 Å². The van der Waals surface area contributed by atoms with E-state index in [-0.39, 0.29) is 11.1 Å². The van der Waals surface area contributed by atoms with E-state index < -0.39 is 24.2 Å². The maximum absolute atomic E-state index is 13.5. The van der Waals surface area contributed by atoms with E-state index in [1.165, 1.54) is 32.4 Å². The number of Topliss-reactive ketones (excluding diaryl/α,β-unsaturated/α-hetero) is 1. The number of esters is 1. The first-order valence-electron chi connectivity index (χ1n) is 7.14. The number of hydrogen-bond donors (Lipinski definition) is 0. The normalized spacial score (nSPS) is 10.2. The van der Waals surface area contributed by atoms with E-state index >= 15 is 0 Å². The smallest absolute Gasteiger partial charge is 0.338 e. The van der Waals surface area contributed by atoms with Crippen molar-refractivity contribution >= 4 is 11.8 Å². The molecule has 6 heteroatoms. The van der Waals surface area contributed by atoms with Crippen molar-refractivity contribution in [3.05, 3.63) is 58.9 Å². The van der Waals surface area contributed by atoms with Crippen LogP contribution in [-0.2, 0) is 4.74 Å². The van der Waals surface area contributed by atoms with Crippen LogP contribution in [0.25, 0.3) is 0 Å². The Balaban J connectivity index is 2.10. The van der Waals surface area contributed by atoms with Gasteiger partial charge >= 0.3 is 5.97 Å². The van der Waals surface area contributed by atoms with Gasteiger partial charge in [-0.15, -0.1) is 0 Å². The molecule has 0 unspecified atom stereocenters. The summed E-state index contributed by atoms with van der Waals surface area (Å²) in [6, 6.07) is 8.73. The molecule has 24 heavy (non-hydrogen) atoms. The second-order valence-corrected chi connectivity index (χ2v) is 5.03. The Morgan fingerprint density at radius 2 is 1.79 bits per heavy atom. The minimum atomic E-state index is -0.774. The molecule has 0 radical (unpaired) electrons. The highest BCUT2D eigenvalue weighted by Crippen LogP contribution is 2.24. The van der Waals surface area contributed by atoms with Crippen LogP contribution in [0.3, 0.4) is 0 Å². The Hall–Kier alpha value is -2.89. The van der Waals surface area contributed by atoms with Crippen molar-refractivity contribution in [2.24, 2.45) is 0 Å². The van der Waals surface area contributed by atoms with Crippen LogP contribution in [0, 0.1) is 12.7 Å². The zero-order chi connectivity index (χ0) is 17.7. The number of halogens is 1. The monoisotopic (exact) mass is 332 g/mol. The van der Waals surface area contributed by atoms with Crippen LogP contribution in [-0.4, -0.2) is 32.6 Å². The summed E-state index contributed by atoms with van der Waals surface area (Å²) in [6.07, 6.45) is 0. The third-order valence-corrected chi connectivity index (χ3v) is 3.45. The van der Waals surface area contributed by atoms with Crippen molar-refractivity contribution in [2.45, 2.75) is 6.92 Å². The average Bonchev–Trinajstić information content (AvgIpc) is 2.60. The molecule has 0 N–H and O–H groups in total. The van der Waals surface area contributed by atoms with E-state index in [4.69, 9.17) is 14.2 Å². The van der Waals surface area contributed by atoms with Crippen molar-refractivity contribution in [3.8, 4) is 11.5 Å². The van der Waals surface area contributed by atoms with Gasteiger partial charge in [0, 0.05) is 0 Å². The van der Waals surface area contributed by atoms with E-state index in [2.05, 4.69) is 0 Å². The maximum atomic E-state index is 13.5. The third-order valence-electron chi connectivity index (χ3n) is 3.45. The topological polar surface area (TPSA) is 61.8 Å². The molecule has 0 amide bonds. The summed E-state index contributed by atoms with van der Waals surface area (Å²) in [5.74, 6) is -0.912. The molecule has 2 aromatic carbocycles. The second-order valence-electron chi connectivity index (χ2n) is 5.03. The summed E-state index contributed by atoms with van der Waals surface area (Å²) in [7, 11) is 2.90. The van der Waals surface area contributed by atoms with Crippen molar-refractivity contribution in [1.29, 1.82) is 0 Å². The summed E-state index contributed by atoms with van der Waals surface area (Å²) in [4.78, 5) is 24.2. The van der Waals surface area contributed by atoms with Crippen molar-refractivity contribution in [2.75, 3.05) is 20.8 Å². The number of hydrogen-bond acceptors (Lipinski definition) is 5. The van der Waals surface area contributed by atoms with Crippen molar-refractivity contribution < 1.29 is 28.2 Å².